The normalized spacial score (nSPS) is 22.7. The van der Waals surface area contributed by atoms with Crippen molar-refractivity contribution in [2.75, 3.05) is 13.1 Å². The Balaban J connectivity index is 1.64. The fourth-order valence-corrected chi connectivity index (χ4v) is 5.13. The van der Waals surface area contributed by atoms with E-state index in [0.29, 0.717) is 19.0 Å². The first-order valence-corrected chi connectivity index (χ1v) is 11.7. The van der Waals surface area contributed by atoms with Gasteiger partial charge in [0.05, 0.1) is 0 Å². The summed E-state index contributed by atoms with van der Waals surface area (Å²) in [6, 6.07) is 7.58. The number of urea groups is 1. The number of halogens is 1. The molecule has 1 saturated heterocycles. The molecule has 5 nitrogen and oxygen atoms in total. The number of carbonyl (C=O) groups excluding carboxylic acids is 2. The third-order valence-corrected chi connectivity index (χ3v) is 6.98. The highest BCUT2D eigenvalue weighted by atomic mass is 35.5. The van der Waals surface area contributed by atoms with Crippen molar-refractivity contribution in [2.45, 2.75) is 77.8 Å². The molecule has 1 unspecified atom stereocenters. The molecular weight excluding hydrogens is 398 g/mol. The highest BCUT2D eigenvalue weighted by Gasteiger charge is 2.40. The van der Waals surface area contributed by atoms with Gasteiger partial charge in [-0.2, -0.15) is 0 Å². The van der Waals surface area contributed by atoms with Gasteiger partial charge < -0.3 is 15.5 Å². The number of rotatable bonds is 5. The van der Waals surface area contributed by atoms with Crippen molar-refractivity contribution >= 4 is 23.5 Å². The van der Waals surface area contributed by atoms with E-state index in [1.807, 2.05) is 30.9 Å². The van der Waals surface area contributed by atoms with Crippen molar-refractivity contribution in [3.05, 3.63) is 34.9 Å². The van der Waals surface area contributed by atoms with E-state index in [4.69, 9.17) is 11.6 Å². The van der Waals surface area contributed by atoms with Gasteiger partial charge in [-0.3, -0.25) is 4.79 Å². The number of carbonyl (C=O) groups is 2. The molecule has 1 saturated carbocycles. The lowest BCUT2D eigenvalue weighted by molar-refractivity contribution is -0.137. The molecule has 1 aromatic carbocycles. The number of nitrogens with zero attached hydrogens (tertiary/aromatic N) is 1. The summed E-state index contributed by atoms with van der Waals surface area (Å²) in [6.45, 7) is 9.79. The molecule has 0 aromatic heterocycles. The van der Waals surface area contributed by atoms with Gasteiger partial charge in [-0.15, -0.1) is 0 Å². The Morgan fingerprint density at radius 2 is 1.73 bits per heavy atom. The summed E-state index contributed by atoms with van der Waals surface area (Å²) in [7, 11) is 0. The minimum atomic E-state index is -0.505. The zero-order chi connectivity index (χ0) is 21.9. The van der Waals surface area contributed by atoms with Gasteiger partial charge in [0.2, 0.25) is 5.91 Å². The van der Waals surface area contributed by atoms with E-state index in [1.165, 1.54) is 5.56 Å². The maximum absolute atomic E-state index is 13.4. The molecule has 1 aliphatic carbocycles. The van der Waals surface area contributed by atoms with Crippen molar-refractivity contribution in [2.24, 2.45) is 11.3 Å². The van der Waals surface area contributed by atoms with Crippen LogP contribution in [0.5, 0.6) is 0 Å². The standard InChI is InChI=1S/C24H36ClN3O2/c1-16(2)21(27-23(30)26-19-7-5-6-8-19)22(29)28-14-13-20(24(3,4)15-28)17-9-11-18(25)12-10-17/h9-12,16,19-21H,5-8,13-15H2,1-4H3,(H2,26,27,30)/t20?,21-/m1/s1. The summed E-state index contributed by atoms with van der Waals surface area (Å²) in [5.74, 6) is 0.424. The summed E-state index contributed by atoms with van der Waals surface area (Å²) in [4.78, 5) is 27.8. The molecule has 166 valence electrons. The number of hydrogen-bond donors (Lipinski definition) is 2. The van der Waals surface area contributed by atoms with Gasteiger partial charge in [0.1, 0.15) is 6.04 Å². The van der Waals surface area contributed by atoms with Crippen molar-refractivity contribution in [1.82, 2.24) is 15.5 Å². The predicted molar refractivity (Wildman–Crippen MR) is 122 cm³/mol. The SMILES string of the molecule is CC(C)[C@@H](NC(=O)NC1CCCC1)C(=O)N1CCC(c2ccc(Cl)cc2)C(C)(C)C1. The first-order chi connectivity index (χ1) is 14.2. The monoisotopic (exact) mass is 433 g/mol. The second-order valence-electron chi connectivity index (χ2n) is 9.96. The van der Waals surface area contributed by atoms with Gasteiger partial charge in [0, 0.05) is 24.2 Å². The van der Waals surface area contributed by atoms with Gasteiger partial charge in [-0.1, -0.05) is 64.3 Å². The van der Waals surface area contributed by atoms with Crippen LogP contribution in [0.1, 0.15) is 71.3 Å². The summed E-state index contributed by atoms with van der Waals surface area (Å²) < 4.78 is 0. The maximum atomic E-state index is 13.4. The summed E-state index contributed by atoms with van der Waals surface area (Å²) in [5, 5.41) is 6.74. The van der Waals surface area contributed by atoms with E-state index in [9.17, 15) is 9.59 Å². The molecule has 6 heteroatoms. The van der Waals surface area contributed by atoms with Crippen LogP contribution < -0.4 is 10.6 Å². The van der Waals surface area contributed by atoms with E-state index >= 15 is 0 Å². The van der Waals surface area contributed by atoms with Crippen LogP contribution in [-0.2, 0) is 4.79 Å². The van der Waals surface area contributed by atoms with Crippen LogP contribution in [0, 0.1) is 11.3 Å². The Kier molecular flexibility index (Phi) is 7.33. The Morgan fingerprint density at radius 3 is 2.30 bits per heavy atom. The number of piperidine rings is 1. The van der Waals surface area contributed by atoms with Gasteiger partial charge >= 0.3 is 6.03 Å². The van der Waals surface area contributed by atoms with Gasteiger partial charge in [-0.25, -0.2) is 4.79 Å². The van der Waals surface area contributed by atoms with Crippen LogP contribution in [0.15, 0.2) is 24.3 Å². The molecule has 0 spiro atoms. The fourth-order valence-electron chi connectivity index (χ4n) is 5.01. The van der Waals surface area contributed by atoms with E-state index in [2.05, 4.69) is 36.6 Å². The molecule has 2 aliphatic rings. The minimum Gasteiger partial charge on any atom is -0.340 e. The van der Waals surface area contributed by atoms with E-state index in [-0.39, 0.29) is 29.3 Å². The molecule has 0 radical (unpaired) electrons. The van der Waals surface area contributed by atoms with E-state index < -0.39 is 6.04 Å². The largest absolute Gasteiger partial charge is 0.340 e. The second kappa shape index (κ2) is 9.59. The number of hydrogen-bond acceptors (Lipinski definition) is 2. The Hall–Kier alpha value is -1.75. The van der Waals surface area contributed by atoms with Crippen molar-refractivity contribution in [1.29, 1.82) is 0 Å². The third-order valence-electron chi connectivity index (χ3n) is 6.72. The molecule has 3 amide bonds. The third kappa shape index (κ3) is 5.48. The molecular formula is C24H36ClN3O2. The zero-order valence-electron chi connectivity index (χ0n) is 18.7. The molecule has 3 rings (SSSR count). The molecule has 2 N–H and O–H groups in total. The Labute approximate surface area is 185 Å². The number of amides is 3. The summed E-state index contributed by atoms with van der Waals surface area (Å²) >= 11 is 6.05. The van der Waals surface area contributed by atoms with Crippen LogP contribution in [0.25, 0.3) is 0 Å². The lowest BCUT2D eigenvalue weighted by atomic mass is 9.70. The number of nitrogens with one attached hydrogen (secondary N) is 2. The molecule has 2 atom stereocenters. The van der Waals surface area contributed by atoms with Gasteiger partial charge in [0.15, 0.2) is 0 Å². The quantitative estimate of drug-likeness (QED) is 0.690. The molecule has 30 heavy (non-hydrogen) atoms. The van der Waals surface area contributed by atoms with Crippen molar-refractivity contribution < 1.29 is 9.59 Å². The fraction of sp³-hybridized carbons (Fsp3) is 0.667. The van der Waals surface area contributed by atoms with E-state index in [1.54, 1.807) is 0 Å². The van der Waals surface area contributed by atoms with Crippen molar-refractivity contribution in [3.8, 4) is 0 Å². The predicted octanol–water partition coefficient (Wildman–Crippen LogP) is 4.95. The van der Waals surface area contributed by atoms with Crippen LogP contribution >= 0.6 is 11.6 Å². The lowest BCUT2D eigenvalue weighted by Crippen LogP contribution is -2.57. The average molecular weight is 434 g/mol. The van der Waals surface area contributed by atoms with E-state index in [0.717, 1.165) is 37.1 Å². The highest BCUT2D eigenvalue weighted by molar-refractivity contribution is 6.30. The number of benzene rings is 1. The molecule has 2 fully saturated rings. The van der Waals surface area contributed by atoms with Crippen LogP contribution in [0.2, 0.25) is 5.02 Å². The second-order valence-corrected chi connectivity index (χ2v) is 10.4. The van der Waals surface area contributed by atoms with Crippen LogP contribution in [-0.4, -0.2) is 42.0 Å². The molecule has 1 aliphatic heterocycles. The van der Waals surface area contributed by atoms with Gasteiger partial charge in [-0.05, 0) is 54.2 Å². The average Bonchev–Trinajstić information content (AvgIpc) is 3.18. The Bertz CT molecular complexity index is 741. The maximum Gasteiger partial charge on any atom is 0.315 e. The Morgan fingerprint density at radius 1 is 1.10 bits per heavy atom. The molecule has 0 bridgehead atoms. The smallest absolute Gasteiger partial charge is 0.315 e. The first-order valence-electron chi connectivity index (χ1n) is 11.3. The zero-order valence-corrected chi connectivity index (χ0v) is 19.5. The highest BCUT2D eigenvalue weighted by Crippen LogP contribution is 2.42. The summed E-state index contributed by atoms with van der Waals surface area (Å²) in [6.07, 6.45) is 5.28. The molecule has 1 heterocycles. The van der Waals surface area contributed by atoms with Crippen LogP contribution in [0.4, 0.5) is 4.79 Å². The van der Waals surface area contributed by atoms with Gasteiger partial charge in [0.25, 0.3) is 0 Å². The summed E-state index contributed by atoms with van der Waals surface area (Å²) in [5.41, 5.74) is 1.21. The van der Waals surface area contributed by atoms with Crippen molar-refractivity contribution in [3.63, 3.8) is 0 Å². The lowest BCUT2D eigenvalue weighted by Gasteiger charge is -2.45. The molecule has 1 aromatic rings. The van der Waals surface area contributed by atoms with Crippen LogP contribution in [0.3, 0.4) is 0 Å². The topological polar surface area (TPSA) is 61.4 Å². The first kappa shape index (κ1) is 22.9. The minimum absolute atomic E-state index is 0.0224. The number of likely N-dealkylation sites (tertiary alicyclic amines) is 1.